The van der Waals surface area contributed by atoms with E-state index in [0.717, 1.165) is 18.2 Å². The van der Waals surface area contributed by atoms with Crippen molar-refractivity contribution in [3.8, 4) is 0 Å². The van der Waals surface area contributed by atoms with Crippen LogP contribution >= 0.6 is 0 Å². The van der Waals surface area contributed by atoms with Gasteiger partial charge in [-0.2, -0.15) is 0 Å². The zero-order valence-electron chi connectivity index (χ0n) is 13.5. The molecule has 2 heterocycles. The van der Waals surface area contributed by atoms with Crippen LogP contribution in [-0.4, -0.2) is 41.7 Å². The van der Waals surface area contributed by atoms with Crippen LogP contribution in [0.15, 0.2) is 35.1 Å². The fraction of sp³-hybridized carbons (Fsp3) is 0.444. The molecule has 0 atom stereocenters. The van der Waals surface area contributed by atoms with Crippen LogP contribution in [0.25, 0.3) is 10.8 Å². The van der Waals surface area contributed by atoms with Crippen molar-refractivity contribution in [3.05, 3.63) is 46.4 Å². The van der Waals surface area contributed by atoms with Gasteiger partial charge in [0.25, 0.3) is 11.5 Å². The first kappa shape index (κ1) is 15.7. The van der Waals surface area contributed by atoms with E-state index in [1.54, 1.807) is 9.47 Å². The van der Waals surface area contributed by atoms with Gasteiger partial charge in [0.2, 0.25) is 0 Å². The van der Waals surface area contributed by atoms with E-state index >= 15 is 0 Å². The highest BCUT2D eigenvalue weighted by molar-refractivity contribution is 5.96. The van der Waals surface area contributed by atoms with Crippen LogP contribution in [0.2, 0.25) is 0 Å². The van der Waals surface area contributed by atoms with Gasteiger partial charge in [-0.15, -0.1) is 0 Å². The monoisotopic (exact) mass is 314 g/mol. The lowest BCUT2D eigenvalue weighted by Crippen LogP contribution is -2.42. The molecule has 0 spiro atoms. The van der Waals surface area contributed by atoms with Gasteiger partial charge >= 0.3 is 0 Å². The zero-order chi connectivity index (χ0) is 16.2. The first-order valence-corrected chi connectivity index (χ1v) is 8.22. The van der Waals surface area contributed by atoms with E-state index < -0.39 is 0 Å². The van der Waals surface area contributed by atoms with Crippen molar-refractivity contribution in [2.24, 2.45) is 0 Å². The maximum atomic E-state index is 12.9. The highest BCUT2D eigenvalue weighted by Gasteiger charge is 2.22. The van der Waals surface area contributed by atoms with Crippen molar-refractivity contribution < 1.29 is 9.53 Å². The molecule has 122 valence electrons. The molecule has 1 saturated heterocycles. The minimum Gasteiger partial charge on any atom is -0.378 e. The number of aromatic nitrogens is 1. The molecule has 1 aromatic carbocycles. The molecule has 0 saturated carbocycles. The van der Waals surface area contributed by atoms with Crippen LogP contribution in [-0.2, 0) is 11.3 Å². The first-order chi connectivity index (χ1) is 11.2. The minimum absolute atomic E-state index is 0.0758. The third-order valence-electron chi connectivity index (χ3n) is 4.27. The van der Waals surface area contributed by atoms with Gasteiger partial charge in [-0.25, -0.2) is 0 Å². The fourth-order valence-corrected chi connectivity index (χ4v) is 2.94. The second-order valence-corrected chi connectivity index (χ2v) is 5.83. The Labute approximate surface area is 135 Å². The SMILES string of the molecule is CCCCn1c(C(=O)N2CCOCC2)cc2ccccc2c1=O. The summed E-state index contributed by atoms with van der Waals surface area (Å²) in [6.07, 6.45) is 1.85. The second-order valence-electron chi connectivity index (χ2n) is 5.83. The molecular weight excluding hydrogens is 292 g/mol. The van der Waals surface area contributed by atoms with Crippen molar-refractivity contribution in [2.75, 3.05) is 26.3 Å². The predicted octanol–water partition coefficient (Wildman–Crippen LogP) is 2.27. The average Bonchev–Trinajstić information content (AvgIpc) is 2.61. The van der Waals surface area contributed by atoms with Crippen molar-refractivity contribution in [1.29, 1.82) is 0 Å². The number of benzene rings is 1. The number of hydrogen-bond acceptors (Lipinski definition) is 3. The molecule has 1 amide bonds. The van der Waals surface area contributed by atoms with E-state index in [1.165, 1.54) is 0 Å². The van der Waals surface area contributed by atoms with Crippen LogP contribution in [0.5, 0.6) is 0 Å². The Morgan fingerprint density at radius 2 is 1.96 bits per heavy atom. The Bertz CT molecular complexity index is 760. The summed E-state index contributed by atoms with van der Waals surface area (Å²) >= 11 is 0. The molecule has 0 unspecified atom stereocenters. The van der Waals surface area contributed by atoms with Crippen molar-refractivity contribution in [3.63, 3.8) is 0 Å². The zero-order valence-corrected chi connectivity index (χ0v) is 13.5. The Morgan fingerprint density at radius 1 is 1.22 bits per heavy atom. The molecule has 1 aliphatic heterocycles. The smallest absolute Gasteiger partial charge is 0.270 e. The van der Waals surface area contributed by atoms with Crippen LogP contribution in [0, 0.1) is 0 Å². The third kappa shape index (κ3) is 3.15. The predicted molar refractivity (Wildman–Crippen MR) is 89.8 cm³/mol. The number of carbonyl (C=O) groups excluding carboxylic acids is 1. The summed E-state index contributed by atoms with van der Waals surface area (Å²) in [7, 11) is 0. The number of rotatable bonds is 4. The molecular formula is C18H22N2O3. The normalized spacial score (nSPS) is 15.1. The molecule has 5 heteroatoms. The maximum absolute atomic E-state index is 12.9. The van der Waals surface area contributed by atoms with E-state index in [2.05, 4.69) is 6.92 Å². The van der Waals surface area contributed by atoms with Gasteiger partial charge in [0, 0.05) is 25.0 Å². The third-order valence-corrected chi connectivity index (χ3v) is 4.27. The largest absolute Gasteiger partial charge is 0.378 e. The number of morpholine rings is 1. The molecule has 2 aromatic rings. The first-order valence-electron chi connectivity index (χ1n) is 8.22. The number of unbranched alkanes of at least 4 members (excludes halogenated alkanes) is 1. The number of fused-ring (bicyclic) bond motifs is 1. The lowest BCUT2D eigenvalue weighted by Gasteiger charge is -2.28. The summed E-state index contributed by atoms with van der Waals surface area (Å²) in [5, 5.41) is 1.49. The molecule has 1 fully saturated rings. The van der Waals surface area contributed by atoms with Crippen molar-refractivity contribution in [1.82, 2.24) is 9.47 Å². The topological polar surface area (TPSA) is 51.5 Å². The quantitative estimate of drug-likeness (QED) is 0.870. The number of nitrogens with zero attached hydrogens (tertiary/aromatic N) is 2. The Morgan fingerprint density at radius 3 is 2.70 bits per heavy atom. The number of hydrogen-bond donors (Lipinski definition) is 0. The molecule has 0 N–H and O–H groups in total. The summed E-state index contributed by atoms with van der Waals surface area (Å²) in [4.78, 5) is 27.5. The van der Waals surface area contributed by atoms with Crippen LogP contribution in [0.3, 0.4) is 0 Å². The van der Waals surface area contributed by atoms with Gasteiger partial charge in [0.1, 0.15) is 5.69 Å². The Balaban J connectivity index is 2.09. The van der Waals surface area contributed by atoms with E-state index in [-0.39, 0.29) is 11.5 Å². The lowest BCUT2D eigenvalue weighted by molar-refractivity contribution is 0.0295. The number of ether oxygens (including phenoxy) is 1. The van der Waals surface area contributed by atoms with Crippen molar-refractivity contribution in [2.45, 2.75) is 26.3 Å². The number of amides is 1. The van der Waals surface area contributed by atoms with Gasteiger partial charge in [-0.05, 0) is 23.9 Å². The van der Waals surface area contributed by atoms with Crippen LogP contribution < -0.4 is 5.56 Å². The summed E-state index contributed by atoms with van der Waals surface area (Å²) in [6, 6.07) is 9.31. The molecule has 5 nitrogen and oxygen atoms in total. The lowest BCUT2D eigenvalue weighted by atomic mass is 10.1. The van der Waals surface area contributed by atoms with E-state index in [1.807, 2.05) is 30.3 Å². The van der Waals surface area contributed by atoms with E-state index in [9.17, 15) is 9.59 Å². The Kier molecular flexibility index (Phi) is 4.76. The van der Waals surface area contributed by atoms with Gasteiger partial charge in [0.15, 0.2) is 0 Å². The molecule has 0 aliphatic carbocycles. The second kappa shape index (κ2) is 6.96. The molecule has 1 aliphatic rings. The van der Waals surface area contributed by atoms with Gasteiger partial charge in [0.05, 0.1) is 13.2 Å². The Hall–Kier alpha value is -2.14. The summed E-state index contributed by atoms with van der Waals surface area (Å²) < 4.78 is 6.95. The van der Waals surface area contributed by atoms with Crippen LogP contribution in [0.4, 0.5) is 0 Å². The molecule has 23 heavy (non-hydrogen) atoms. The molecule has 0 bridgehead atoms. The average molecular weight is 314 g/mol. The van der Waals surface area contributed by atoms with E-state index in [4.69, 9.17) is 4.74 Å². The molecule has 0 radical (unpaired) electrons. The summed E-state index contributed by atoms with van der Waals surface area (Å²) in [6.45, 7) is 4.92. The van der Waals surface area contributed by atoms with Gasteiger partial charge in [-0.3, -0.25) is 9.59 Å². The van der Waals surface area contributed by atoms with E-state index in [0.29, 0.717) is 43.9 Å². The highest BCUT2D eigenvalue weighted by Crippen LogP contribution is 2.15. The highest BCUT2D eigenvalue weighted by atomic mass is 16.5. The standard InChI is InChI=1S/C18H22N2O3/c1-2-3-8-20-16(18(22)19-9-11-23-12-10-19)13-14-6-4-5-7-15(14)17(20)21/h4-7,13H,2-3,8-12H2,1H3. The minimum atomic E-state index is -0.0766. The molecule has 1 aromatic heterocycles. The molecule has 3 rings (SSSR count). The summed E-state index contributed by atoms with van der Waals surface area (Å²) in [5.74, 6) is -0.0766. The van der Waals surface area contributed by atoms with Crippen LogP contribution in [0.1, 0.15) is 30.3 Å². The number of pyridine rings is 1. The maximum Gasteiger partial charge on any atom is 0.270 e. The van der Waals surface area contributed by atoms with Gasteiger partial charge < -0.3 is 14.2 Å². The van der Waals surface area contributed by atoms with Crippen molar-refractivity contribution >= 4 is 16.7 Å². The fourth-order valence-electron chi connectivity index (χ4n) is 2.94. The summed E-state index contributed by atoms with van der Waals surface area (Å²) in [5.41, 5.74) is 0.414. The number of carbonyl (C=O) groups is 1. The van der Waals surface area contributed by atoms with Gasteiger partial charge in [-0.1, -0.05) is 31.5 Å².